The molecule has 0 atom stereocenters. The number of methoxy groups -OCH3 is 2. The fourth-order valence-electron chi connectivity index (χ4n) is 4.49. The molecule has 0 saturated carbocycles. The molecule has 0 N–H and O–H groups in total. The largest absolute Gasteiger partial charge is 0.497 e. The zero-order valence-corrected chi connectivity index (χ0v) is 20.9. The van der Waals surface area contributed by atoms with E-state index in [0.717, 1.165) is 23.9 Å². The molecule has 1 fully saturated rings. The van der Waals surface area contributed by atoms with Crippen molar-refractivity contribution < 1.29 is 27.4 Å². The van der Waals surface area contributed by atoms with Crippen molar-refractivity contribution in [3.8, 4) is 22.8 Å². The number of carbonyl (C=O) groups excluding carboxylic acids is 1. The number of amides is 1. The zero-order chi connectivity index (χ0) is 26.9. The van der Waals surface area contributed by atoms with Crippen molar-refractivity contribution in [3.05, 3.63) is 77.6 Å². The zero-order valence-electron chi connectivity index (χ0n) is 20.9. The van der Waals surface area contributed by atoms with Gasteiger partial charge >= 0.3 is 6.18 Å². The number of ether oxygens (including phenoxy) is 2. The third kappa shape index (κ3) is 5.14. The molecule has 2 aromatic heterocycles. The first-order valence-electron chi connectivity index (χ1n) is 12.0. The Morgan fingerprint density at radius 2 is 1.53 bits per heavy atom. The van der Waals surface area contributed by atoms with Crippen LogP contribution >= 0.6 is 0 Å². The molecule has 0 bridgehead atoms. The van der Waals surface area contributed by atoms with E-state index < -0.39 is 17.8 Å². The monoisotopic (exact) mass is 525 g/mol. The summed E-state index contributed by atoms with van der Waals surface area (Å²) < 4.78 is 52.9. The maximum absolute atomic E-state index is 13.9. The molecule has 2 aromatic carbocycles. The summed E-state index contributed by atoms with van der Waals surface area (Å²) in [5.41, 5.74) is 0.586. The van der Waals surface area contributed by atoms with Gasteiger partial charge in [-0.3, -0.25) is 9.69 Å². The van der Waals surface area contributed by atoms with E-state index >= 15 is 0 Å². The number of hydrogen-bond donors (Lipinski definition) is 0. The number of fused-ring (bicyclic) bond motifs is 1. The Balaban J connectivity index is 1.38. The molecule has 3 heterocycles. The number of rotatable bonds is 6. The van der Waals surface area contributed by atoms with Crippen molar-refractivity contribution >= 4 is 11.6 Å². The Morgan fingerprint density at radius 3 is 2.11 bits per heavy atom. The molecular formula is C27H26F3N5O3. The average molecular weight is 526 g/mol. The molecule has 1 amide bonds. The predicted molar refractivity (Wildman–Crippen MR) is 134 cm³/mol. The summed E-state index contributed by atoms with van der Waals surface area (Å²) in [6, 6.07) is 15.3. The number of aromatic nitrogens is 3. The maximum Gasteiger partial charge on any atom is 0.433 e. The topological polar surface area (TPSA) is 72.2 Å². The van der Waals surface area contributed by atoms with Crippen molar-refractivity contribution in [3.63, 3.8) is 0 Å². The van der Waals surface area contributed by atoms with Gasteiger partial charge in [0.2, 0.25) is 0 Å². The predicted octanol–water partition coefficient (Wildman–Crippen LogP) is 4.39. The van der Waals surface area contributed by atoms with Gasteiger partial charge in [0.1, 0.15) is 17.1 Å². The van der Waals surface area contributed by atoms with Crippen molar-refractivity contribution in [2.45, 2.75) is 12.7 Å². The van der Waals surface area contributed by atoms with Gasteiger partial charge < -0.3 is 14.4 Å². The highest BCUT2D eigenvalue weighted by molar-refractivity contribution is 6.00. The molecule has 0 radical (unpaired) electrons. The number of alkyl halides is 3. The molecule has 38 heavy (non-hydrogen) atoms. The van der Waals surface area contributed by atoms with Crippen LogP contribution in [-0.4, -0.2) is 70.7 Å². The molecule has 1 saturated heterocycles. The van der Waals surface area contributed by atoms with Crippen LogP contribution in [0.1, 0.15) is 21.6 Å². The Kier molecular flexibility index (Phi) is 6.94. The van der Waals surface area contributed by atoms with Crippen LogP contribution in [0.5, 0.6) is 11.5 Å². The fraction of sp³-hybridized carbons (Fsp3) is 0.296. The van der Waals surface area contributed by atoms with E-state index in [1.807, 2.05) is 24.3 Å². The number of nitrogens with zero attached hydrogens (tertiary/aromatic N) is 5. The molecule has 198 valence electrons. The molecule has 1 aliphatic heterocycles. The fourth-order valence-corrected chi connectivity index (χ4v) is 4.49. The minimum absolute atomic E-state index is 0.0365. The second kappa shape index (κ2) is 10.3. The van der Waals surface area contributed by atoms with Gasteiger partial charge in [-0.25, -0.2) is 9.50 Å². The maximum atomic E-state index is 13.9. The van der Waals surface area contributed by atoms with Crippen molar-refractivity contribution in [1.29, 1.82) is 0 Å². The quantitative estimate of drug-likeness (QED) is 0.372. The molecule has 8 nitrogen and oxygen atoms in total. The standard InChI is InChI=1S/C27H26F3N5O3/c1-37-20-7-3-18(4-8-20)17-33-11-13-34(14-12-33)26(36)22-16-31-35-24(27(28,29)30)15-23(32-25(22)35)19-5-9-21(38-2)10-6-19/h3-10,15-16H,11-14,17H2,1-2H3. The normalized spacial score (nSPS) is 14.6. The summed E-state index contributed by atoms with van der Waals surface area (Å²) >= 11 is 0. The van der Waals surface area contributed by atoms with E-state index in [9.17, 15) is 18.0 Å². The highest BCUT2D eigenvalue weighted by Crippen LogP contribution is 2.33. The lowest BCUT2D eigenvalue weighted by atomic mass is 10.1. The minimum atomic E-state index is -4.69. The van der Waals surface area contributed by atoms with E-state index in [0.29, 0.717) is 42.0 Å². The summed E-state index contributed by atoms with van der Waals surface area (Å²) in [5.74, 6) is 0.962. The number of hydrogen-bond acceptors (Lipinski definition) is 6. The van der Waals surface area contributed by atoms with Crippen LogP contribution in [0.15, 0.2) is 60.8 Å². The van der Waals surface area contributed by atoms with E-state index in [2.05, 4.69) is 15.0 Å². The summed E-state index contributed by atoms with van der Waals surface area (Å²) in [5, 5.41) is 3.89. The van der Waals surface area contributed by atoms with Gasteiger partial charge in [0.25, 0.3) is 5.91 Å². The first kappa shape index (κ1) is 25.5. The third-order valence-electron chi connectivity index (χ3n) is 6.60. The van der Waals surface area contributed by atoms with Gasteiger partial charge in [-0.2, -0.15) is 18.3 Å². The number of halogens is 3. The van der Waals surface area contributed by atoms with Gasteiger partial charge in [0.15, 0.2) is 11.3 Å². The molecule has 5 rings (SSSR count). The lowest BCUT2D eigenvalue weighted by Crippen LogP contribution is -2.48. The molecular weight excluding hydrogens is 499 g/mol. The van der Waals surface area contributed by atoms with Crippen molar-refractivity contribution in [2.75, 3.05) is 40.4 Å². The van der Waals surface area contributed by atoms with E-state index in [1.54, 1.807) is 36.3 Å². The van der Waals surface area contributed by atoms with Crippen molar-refractivity contribution in [2.24, 2.45) is 0 Å². The number of piperazine rings is 1. The Bertz CT molecular complexity index is 1430. The lowest BCUT2D eigenvalue weighted by Gasteiger charge is -2.34. The highest BCUT2D eigenvalue weighted by atomic mass is 19.4. The molecule has 0 unspecified atom stereocenters. The number of carbonyl (C=O) groups is 1. The average Bonchev–Trinajstić information content (AvgIpc) is 3.36. The second-order valence-corrected chi connectivity index (χ2v) is 8.96. The molecule has 4 aromatic rings. The van der Waals surface area contributed by atoms with Crippen LogP contribution in [0, 0.1) is 0 Å². The first-order valence-corrected chi connectivity index (χ1v) is 12.0. The van der Waals surface area contributed by atoms with Gasteiger partial charge in [-0.05, 0) is 48.0 Å². The Labute approximate surface area is 217 Å². The SMILES string of the molecule is COc1ccc(CN2CCN(C(=O)c3cnn4c(C(F)(F)F)cc(-c5ccc(OC)cc5)nc34)CC2)cc1. The van der Waals surface area contributed by atoms with Crippen LogP contribution in [-0.2, 0) is 12.7 Å². The summed E-state index contributed by atoms with van der Waals surface area (Å²) in [6.07, 6.45) is -3.52. The van der Waals surface area contributed by atoms with Gasteiger partial charge in [0, 0.05) is 38.3 Å². The van der Waals surface area contributed by atoms with E-state index in [-0.39, 0.29) is 16.9 Å². The third-order valence-corrected chi connectivity index (χ3v) is 6.60. The van der Waals surface area contributed by atoms with E-state index in [1.165, 1.54) is 13.3 Å². The molecule has 0 spiro atoms. The van der Waals surface area contributed by atoms with Crippen LogP contribution in [0.3, 0.4) is 0 Å². The van der Waals surface area contributed by atoms with Gasteiger partial charge in [-0.15, -0.1) is 0 Å². The number of benzene rings is 2. The summed E-state index contributed by atoms with van der Waals surface area (Å²) in [4.78, 5) is 21.7. The molecule has 0 aliphatic carbocycles. The Hall–Kier alpha value is -4.12. The summed E-state index contributed by atoms with van der Waals surface area (Å²) in [6.45, 7) is 2.88. The smallest absolute Gasteiger partial charge is 0.433 e. The molecule has 11 heteroatoms. The molecule has 1 aliphatic rings. The van der Waals surface area contributed by atoms with Crippen LogP contribution < -0.4 is 9.47 Å². The van der Waals surface area contributed by atoms with Crippen LogP contribution in [0.25, 0.3) is 16.9 Å². The van der Waals surface area contributed by atoms with Gasteiger partial charge in [-0.1, -0.05) is 12.1 Å². The van der Waals surface area contributed by atoms with Gasteiger partial charge in [0.05, 0.1) is 26.1 Å². The second-order valence-electron chi connectivity index (χ2n) is 8.96. The summed E-state index contributed by atoms with van der Waals surface area (Å²) in [7, 11) is 3.12. The highest BCUT2D eigenvalue weighted by Gasteiger charge is 2.36. The lowest BCUT2D eigenvalue weighted by molar-refractivity contribution is -0.142. The minimum Gasteiger partial charge on any atom is -0.497 e. The van der Waals surface area contributed by atoms with Crippen LogP contribution in [0.2, 0.25) is 0 Å². The van der Waals surface area contributed by atoms with Crippen LogP contribution in [0.4, 0.5) is 13.2 Å². The first-order chi connectivity index (χ1) is 18.3. The Morgan fingerprint density at radius 1 is 0.921 bits per heavy atom. The van der Waals surface area contributed by atoms with E-state index in [4.69, 9.17) is 9.47 Å². The van der Waals surface area contributed by atoms with Crippen molar-refractivity contribution in [1.82, 2.24) is 24.4 Å².